The highest BCUT2D eigenvalue weighted by molar-refractivity contribution is 7.25. The van der Waals surface area contributed by atoms with E-state index in [4.69, 9.17) is 4.42 Å². The summed E-state index contributed by atoms with van der Waals surface area (Å²) in [6.45, 7) is 0. The largest absolute Gasteiger partial charge is 0.456 e. The summed E-state index contributed by atoms with van der Waals surface area (Å²) in [5.74, 6) is 0. The zero-order valence-electron chi connectivity index (χ0n) is 28.3. The molecule has 0 unspecified atom stereocenters. The van der Waals surface area contributed by atoms with E-state index in [9.17, 15) is 4.79 Å². The molecule has 3 nitrogen and oxygen atoms in total. The molecular weight excluding hydrogens is 667 g/mol. The van der Waals surface area contributed by atoms with Crippen LogP contribution in [0.15, 0.2) is 173 Å². The number of benzene rings is 8. The first-order valence-corrected chi connectivity index (χ1v) is 18.7. The van der Waals surface area contributed by atoms with Gasteiger partial charge in [-0.15, -0.1) is 11.3 Å². The summed E-state index contributed by atoms with van der Waals surface area (Å²) in [7, 11) is 0. The zero-order valence-corrected chi connectivity index (χ0v) is 29.1. The Labute approximate surface area is 306 Å². The quantitative estimate of drug-likeness (QED) is 0.173. The van der Waals surface area contributed by atoms with Gasteiger partial charge in [0.15, 0.2) is 0 Å². The fourth-order valence-corrected chi connectivity index (χ4v) is 9.71. The minimum absolute atomic E-state index is 0.0154. The summed E-state index contributed by atoms with van der Waals surface area (Å²) in [6.07, 6.45) is 0. The molecule has 53 heavy (non-hydrogen) atoms. The molecule has 0 amide bonds. The second kappa shape index (κ2) is 10.6. The number of hydrogen-bond donors (Lipinski definition) is 0. The molecule has 12 aromatic rings. The molecule has 246 valence electrons. The molecule has 0 aliphatic rings. The third-order valence-electron chi connectivity index (χ3n) is 11.1. The Kier molecular flexibility index (Phi) is 5.80. The molecular formula is C49H27NO2S. The van der Waals surface area contributed by atoms with E-state index in [1.165, 1.54) is 58.3 Å². The summed E-state index contributed by atoms with van der Waals surface area (Å²) in [5, 5.41) is 8.80. The number of hydrogen-bond acceptors (Lipinski definition) is 3. The van der Waals surface area contributed by atoms with Crippen molar-refractivity contribution >= 4 is 91.5 Å². The van der Waals surface area contributed by atoms with Gasteiger partial charge >= 0.3 is 0 Å². The van der Waals surface area contributed by atoms with E-state index in [1.807, 2.05) is 47.7 Å². The molecule has 0 atom stereocenters. The first-order valence-electron chi connectivity index (χ1n) is 17.9. The molecule has 4 heterocycles. The second-order valence-electron chi connectivity index (χ2n) is 14.0. The molecule has 0 aliphatic heterocycles. The van der Waals surface area contributed by atoms with Gasteiger partial charge in [-0.1, -0.05) is 91.0 Å². The van der Waals surface area contributed by atoms with Crippen LogP contribution in [0.25, 0.3) is 114 Å². The number of aromatic nitrogens is 1. The van der Waals surface area contributed by atoms with Crippen molar-refractivity contribution in [3.63, 3.8) is 0 Å². The summed E-state index contributed by atoms with van der Waals surface area (Å²) < 4.78 is 11.2. The summed E-state index contributed by atoms with van der Waals surface area (Å²) in [4.78, 5) is 13.7. The maximum absolute atomic E-state index is 13.7. The second-order valence-corrected chi connectivity index (χ2v) is 15.1. The van der Waals surface area contributed by atoms with Gasteiger partial charge in [0.05, 0.1) is 27.3 Å². The lowest BCUT2D eigenvalue weighted by atomic mass is 9.92. The average Bonchev–Trinajstić information content (AvgIpc) is 3.87. The molecule has 12 rings (SSSR count). The summed E-state index contributed by atoms with van der Waals surface area (Å²) in [5.41, 5.74) is 11.4. The minimum atomic E-state index is -0.0154. The van der Waals surface area contributed by atoms with Gasteiger partial charge in [0.2, 0.25) is 5.43 Å². The van der Waals surface area contributed by atoms with Crippen LogP contribution >= 0.6 is 11.3 Å². The molecule has 0 aliphatic carbocycles. The highest BCUT2D eigenvalue weighted by Gasteiger charge is 2.18. The van der Waals surface area contributed by atoms with Crippen LogP contribution < -0.4 is 5.43 Å². The Bertz CT molecular complexity index is 3550. The predicted molar refractivity (Wildman–Crippen MR) is 224 cm³/mol. The van der Waals surface area contributed by atoms with Crippen molar-refractivity contribution in [2.24, 2.45) is 0 Å². The number of thiophene rings is 1. The molecule has 0 spiro atoms. The highest BCUT2D eigenvalue weighted by atomic mass is 32.1. The van der Waals surface area contributed by atoms with E-state index in [2.05, 4.69) is 132 Å². The number of para-hydroxylation sites is 3. The van der Waals surface area contributed by atoms with Gasteiger partial charge in [0, 0.05) is 41.7 Å². The smallest absolute Gasteiger partial charge is 0.200 e. The topological polar surface area (TPSA) is 34.6 Å². The predicted octanol–water partition coefficient (Wildman–Crippen LogP) is 13.5. The van der Waals surface area contributed by atoms with E-state index in [-0.39, 0.29) is 5.43 Å². The Balaban J connectivity index is 1.11. The fraction of sp³-hybridized carbons (Fsp3) is 0. The monoisotopic (exact) mass is 693 g/mol. The van der Waals surface area contributed by atoms with E-state index >= 15 is 0 Å². The molecule has 0 N–H and O–H groups in total. The van der Waals surface area contributed by atoms with Gasteiger partial charge in [-0.25, -0.2) is 0 Å². The molecule has 8 aromatic carbocycles. The number of rotatable bonds is 3. The first kappa shape index (κ1) is 28.9. The molecule has 0 saturated carbocycles. The summed E-state index contributed by atoms with van der Waals surface area (Å²) >= 11 is 1.83. The maximum atomic E-state index is 13.7. The molecule has 0 radical (unpaired) electrons. The van der Waals surface area contributed by atoms with Gasteiger partial charge < -0.3 is 8.82 Å². The van der Waals surface area contributed by atoms with Crippen LogP contribution in [0.2, 0.25) is 0 Å². The summed E-state index contributed by atoms with van der Waals surface area (Å²) in [6, 6.07) is 58.0. The van der Waals surface area contributed by atoms with E-state index < -0.39 is 0 Å². The Morgan fingerprint density at radius 3 is 1.75 bits per heavy atom. The molecule has 0 saturated heterocycles. The van der Waals surface area contributed by atoms with E-state index in [1.54, 1.807) is 0 Å². The van der Waals surface area contributed by atoms with Crippen molar-refractivity contribution in [2.75, 3.05) is 0 Å². The number of nitrogens with zero attached hydrogens (tertiary/aromatic N) is 1. The van der Waals surface area contributed by atoms with Gasteiger partial charge in [-0.05, 0) is 106 Å². The van der Waals surface area contributed by atoms with Crippen LogP contribution in [-0.4, -0.2) is 4.40 Å². The third-order valence-corrected chi connectivity index (χ3v) is 12.3. The van der Waals surface area contributed by atoms with Crippen LogP contribution in [0.3, 0.4) is 0 Å². The van der Waals surface area contributed by atoms with Crippen LogP contribution in [0, 0.1) is 0 Å². The van der Waals surface area contributed by atoms with Gasteiger partial charge in [-0.3, -0.25) is 4.79 Å². The fourth-order valence-electron chi connectivity index (χ4n) is 8.63. The lowest BCUT2D eigenvalue weighted by Gasteiger charge is -2.13. The molecule has 0 bridgehead atoms. The maximum Gasteiger partial charge on any atom is 0.200 e. The van der Waals surface area contributed by atoms with Gasteiger partial charge in [-0.2, -0.15) is 0 Å². The molecule has 0 fully saturated rings. The Morgan fingerprint density at radius 2 is 0.943 bits per heavy atom. The van der Waals surface area contributed by atoms with E-state index in [0.29, 0.717) is 21.9 Å². The Hall–Kier alpha value is -6.75. The van der Waals surface area contributed by atoms with Crippen molar-refractivity contribution in [1.82, 2.24) is 4.40 Å². The van der Waals surface area contributed by atoms with Crippen LogP contribution in [0.4, 0.5) is 0 Å². The molecule has 4 heteroatoms. The lowest BCUT2D eigenvalue weighted by molar-refractivity contribution is 0.660. The van der Waals surface area contributed by atoms with Crippen molar-refractivity contribution in [2.45, 2.75) is 0 Å². The standard InChI is InChI=1S/C49H27NO2S/c51-49-39-10-2-5-14-44(39)52-45-20-17-28(26-41(45)49)31-22-32(29-18-21-47-40(25-29)36-9-3-6-15-46(36)53-47)24-33(23-31)30-16-19-35-38-12-7-11-37-34-8-1-4-13-42(34)50(48(37)38)43(35)27-30/h1-27H. The van der Waals surface area contributed by atoms with Crippen LogP contribution in [0.1, 0.15) is 0 Å². The first-order chi connectivity index (χ1) is 26.2. The lowest BCUT2D eigenvalue weighted by Crippen LogP contribution is -2.02. The SMILES string of the molecule is O=c1c2ccccc2oc2ccc(-c3cc(-c4ccc5sc6ccccc6c5c4)cc(-c4ccc5c6cccc7c8ccccc8n(c5c4)c76)c3)cc12. The van der Waals surface area contributed by atoms with Crippen molar-refractivity contribution < 1.29 is 4.42 Å². The van der Waals surface area contributed by atoms with Crippen molar-refractivity contribution in [1.29, 1.82) is 0 Å². The third kappa shape index (κ3) is 4.12. The van der Waals surface area contributed by atoms with Crippen LogP contribution in [0.5, 0.6) is 0 Å². The minimum Gasteiger partial charge on any atom is -0.456 e. The average molecular weight is 694 g/mol. The highest BCUT2D eigenvalue weighted by Crippen LogP contribution is 2.42. The normalized spacial score (nSPS) is 12.2. The van der Waals surface area contributed by atoms with Crippen LogP contribution in [-0.2, 0) is 0 Å². The number of fused-ring (bicyclic) bond motifs is 11. The van der Waals surface area contributed by atoms with E-state index in [0.717, 1.165) is 33.4 Å². The zero-order chi connectivity index (χ0) is 34.8. The van der Waals surface area contributed by atoms with Gasteiger partial charge in [0.25, 0.3) is 0 Å². The molecule has 4 aromatic heterocycles. The van der Waals surface area contributed by atoms with Crippen molar-refractivity contribution in [3.05, 3.63) is 174 Å². The van der Waals surface area contributed by atoms with Gasteiger partial charge in [0.1, 0.15) is 11.2 Å². The van der Waals surface area contributed by atoms with Crippen molar-refractivity contribution in [3.8, 4) is 33.4 Å². The Morgan fingerprint density at radius 1 is 0.377 bits per heavy atom.